The third-order valence-corrected chi connectivity index (χ3v) is 7.31. The number of H-pyrrole nitrogens is 1. The van der Waals surface area contributed by atoms with E-state index in [9.17, 15) is 14.0 Å². The molecule has 1 aliphatic heterocycles. The molecule has 1 saturated heterocycles. The maximum absolute atomic E-state index is 13.4. The summed E-state index contributed by atoms with van der Waals surface area (Å²) in [6, 6.07) is 24.3. The molecule has 1 fully saturated rings. The number of rotatable bonds is 8. The van der Waals surface area contributed by atoms with E-state index in [-0.39, 0.29) is 36.3 Å². The van der Waals surface area contributed by atoms with Gasteiger partial charge in [-0.15, -0.1) is 0 Å². The Hall–Kier alpha value is -3.91. The number of imidazole rings is 1. The Bertz CT molecular complexity index is 1410. The first-order valence-electron chi connectivity index (χ1n) is 13.1. The molecule has 1 aromatic heterocycles. The lowest BCUT2D eigenvalue weighted by molar-refractivity contribution is 0.0567. The SMILES string of the molecule is C[C@@H](COC(=O)N1CCC(n2c(=O)[nH]c3ccccc32)CC1)N(Cc1ccccc1)Cc1ccc(F)cc1. The van der Waals surface area contributed by atoms with E-state index in [1.54, 1.807) is 17.0 Å². The van der Waals surface area contributed by atoms with Gasteiger partial charge in [-0.2, -0.15) is 0 Å². The predicted octanol–water partition coefficient (Wildman–Crippen LogP) is 5.33. The molecule has 7 nitrogen and oxygen atoms in total. The van der Waals surface area contributed by atoms with E-state index < -0.39 is 0 Å². The van der Waals surface area contributed by atoms with Crippen LogP contribution in [0, 0.1) is 5.82 Å². The Morgan fingerprint density at radius 1 is 0.974 bits per heavy atom. The number of benzene rings is 3. The number of halogens is 1. The van der Waals surface area contributed by atoms with E-state index in [1.807, 2.05) is 54.0 Å². The Morgan fingerprint density at radius 3 is 2.32 bits per heavy atom. The monoisotopic (exact) mass is 516 g/mol. The van der Waals surface area contributed by atoms with E-state index in [0.29, 0.717) is 39.0 Å². The largest absolute Gasteiger partial charge is 0.448 e. The summed E-state index contributed by atoms with van der Waals surface area (Å²) in [6.07, 6.45) is 1.05. The summed E-state index contributed by atoms with van der Waals surface area (Å²) in [4.78, 5) is 32.3. The normalized spacial score (nSPS) is 15.2. The van der Waals surface area contributed by atoms with Crippen LogP contribution < -0.4 is 5.69 Å². The smallest absolute Gasteiger partial charge is 0.409 e. The van der Waals surface area contributed by atoms with Gasteiger partial charge in [0.1, 0.15) is 12.4 Å². The molecule has 0 bridgehead atoms. The van der Waals surface area contributed by atoms with Crippen molar-refractivity contribution in [3.05, 3.63) is 106 Å². The van der Waals surface area contributed by atoms with Crippen LogP contribution in [0.4, 0.5) is 9.18 Å². The molecule has 0 saturated carbocycles. The van der Waals surface area contributed by atoms with Gasteiger partial charge >= 0.3 is 11.8 Å². The Labute approximate surface area is 221 Å². The van der Waals surface area contributed by atoms with Gasteiger partial charge in [-0.25, -0.2) is 14.0 Å². The zero-order chi connectivity index (χ0) is 26.5. The number of amides is 1. The van der Waals surface area contributed by atoms with E-state index in [1.165, 1.54) is 12.1 Å². The van der Waals surface area contributed by atoms with Gasteiger partial charge in [-0.3, -0.25) is 9.47 Å². The van der Waals surface area contributed by atoms with Crippen LogP contribution in [0.25, 0.3) is 11.0 Å². The summed E-state index contributed by atoms with van der Waals surface area (Å²) in [5.41, 5.74) is 3.76. The summed E-state index contributed by atoms with van der Waals surface area (Å²) in [7, 11) is 0. The van der Waals surface area contributed by atoms with Crippen LogP contribution in [0.1, 0.15) is 36.9 Å². The number of likely N-dealkylation sites (tertiary alicyclic amines) is 1. The second kappa shape index (κ2) is 11.6. The number of hydrogen-bond acceptors (Lipinski definition) is 4. The number of ether oxygens (including phenoxy) is 1. The molecule has 4 aromatic rings. The highest BCUT2D eigenvalue weighted by Crippen LogP contribution is 2.25. The molecule has 1 aliphatic rings. The van der Waals surface area contributed by atoms with Gasteiger partial charge in [-0.1, -0.05) is 54.6 Å². The van der Waals surface area contributed by atoms with Crippen molar-refractivity contribution in [2.75, 3.05) is 19.7 Å². The Kier molecular flexibility index (Phi) is 7.89. The van der Waals surface area contributed by atoms with Crippen molar-refractivity contribution in [3.8, 4) is 0 Å². The number of nitrogens with zero attached hydrogens (tertiary/aromatic N) is 3. The summed E-state index contributed by atoms with van der Waals surface area (Å²) in [6.45, 7) is 4.64. The van der Waals surface area contributed by atoms with Gasteiger partial charge in [0, 0.05) is 38.3 Å². The van der Waals surface area contributed by atoms with E-state index in [4.69, 9.17) is 4.74 Å². The summed E-state index contributed by atoms with van der Waals surface area (Å²) in [5.74, 6) is -0.260. The number of aromatic nitrogens is 2. The highest BCUT2D eigenvalue weighted by atomic mass is 19.1. The minimum absolute atomic E-state index is 0.0405. The molecule has 2 heterocycles. The summed E-state index contributed by atoms with van der Waals surface area (Å²) >= 11 is 0. The van der Waals surface area contributed by atoms with Crippen molar-refractivity contribution in [2.24, 2.45) is 0 Å². The minimum atomic E-state index is -0.331. The van der Waals surface area contributed by atoms with Crippen molar-refractivity contribution in [2.45, 2.75) is 44.9 Å². The number of carbonyl (C=O) groups is 1. The van der Waals surface area contributed by atoms with Crippen molar-refractivity contribution in [1.29, 1.82) is 0 Å². The highest BCUT2D eigenvalue weighted by molar-refractivity contribution is 5.75. The molecule has 38 heavy (non-hydrogen) atoms. The fourth-order valence-corrected chi connectivity index (χ4v) is 5.14. The van der Waals surface area contributed by atoms with Gasteiger partial charge < -0.3 is 14.6 Å². The molecule has 5 rings (SSSR count). The van der Waals surface area contributed by atoms with Crippen LogP contribution >= 0.6 is 0 Å². The third-order valence-electron chi connectivity index (χ3n) is 7.31. The maximum Gasteiger partial charge on any atom is 0.409 e. The van der Waals surface area contributed by atoms with Crippen LogP contribution in [0.2, 0.25) is 0 Å². The maximum atomic E-state index is 13.4. The van der Waals surface area contributed by atoms with Gasteiger partial charge in [0.15, 0.2) is 0 Å². The van der Waals surface area contributed by atoms with Crippen molar-refractivity contribution < 1.29 is 13.9 Å². The molecule has 0 unspecified atom stereocenters. The van der Waals surface area contributed by atoms with Crippen LogP contribution in [0.5, 0.6) is 0 Å². The average molecular weight is 517 g/mol. The van der Waals surface area contributed by atoms with Gasteiger partial charge in [0.05, 0.1) is 11.0 Å². The number of hydrogen-bond donors (Lipinski definition) is 1. The molecule has 1 atom stereocenters. The van der Waals surface area contributed by atoms with Crippen LogP contribution in [0.15, 0.2) is 83.7 Å². The third kappa shape index (κ3) is 5.97. The quantitative estimate of drug-likeness (QED) is 0.344. The predicted molar refractivity (Wildman–Crippen MR) is 145 cm³/mol. The standard InChI is InChI=1S/C30H33FN4O3/c1-22(34(19-23-7-3-2-4-8-23)20-24-11-13-25(31)14-12-24)21-38-30(37)33-17-15-26(16-18-33)35-28-10-6-5-9-27(28)32-29(35)36/h2-14,22,26H,15-21H2,1H3,(H,32,36)/t22-/m0/s1. The first-order valence-corrected chi connectivity index (χ1v) is 13.1. The molecular weight excluding hydrogens is 483 g/mol. The molecule has 8 heteroatoms. The summed E-state index contributed by atoms with van der Waals surface area (Å²) in [5, 5.41) is 0. The van der Waals surface area contributed by atoms with Crippen molar-refractivity contribution in [3.63, 3.8) is 0 Å². The second-order valence-electron chi connectivity index (χ2n) is 9.98. The average Bonchev–Trinajstić information content (AvgIpc) is 3.28. The Balaban J connectivity index is 1.18. The molecule has 0 aliphatic carbocycles. The van der Waals surface area contributed by atoms with Gasteiger partial charge in [-0.05, 0) is 55.2 Å². The molecule has 0 spiro atoms. The van der Waals surface area contributed by atoms with E-state index >= 15 is 0 Å². The molecule has 3 aromatic carbocycles. The first kappa shape index (κ1) is 25.7. The van der Waals surface area contributed by atoms with E-state index in [2.05, 4.69) is 22.0 Å². The molecule has 198 valence electrons. The van der Waals surface area contributed by atoms with E-state index in [0.717, 1.165) is 22.2 Å². The molecule has 1 N–H and O–H groups in total. The zero-order valence-corrected chi connectivity index (χ0v) is 21.6. The highest BCUT2D eigenvalue weighted by Gasteiger charge is 2.27. The second-order valence-corrected chi connectivity index (χ2v) is 9.98. The lowest BCUT2D eigenvalue weighted by atomic mass is 10.0. The number of nitrogens with one attached hydrogen (secondary N) is 1. The fourth-order valence-electron chi connectivity index (χ4n) is 5.14. The zero-order valence-electron chi connectivity index (χ0n) is 21.6. The van der Waals surface area contributed by atoms with Gasteiger partial charge in [0.2, 0.25) is 0 Å². The van der Waals surface area contributed by atoms with Crippen LogP contribution in [-0.4, -0.2) is 51.2 Å². The number of fused-ring (bicyclic) bond motifs is 1. The topological polar surface area (TPSA) is 70.6 Å². The van der Waals surface area contributed by atoms with Crippen molar-refractivity contribution >= 4 is 17.1 Å². The molecular formula is C30H33FN4O3. The molecule has 0 radical (unpaired) electrons. The number of aromatic amines is 1. The van der Waals surface area contributed by atoms with Crippen molar-refractivity contribution in [1.82, 2.24) is 19.4 Å². The molecule has 1 amide bonds. The fraction of sp³-hybridized carbons (Fsp3) is 0.333. The summed E-state index contributed by atoms with van der Waals surface area (Å²) < 4.78 is 21.0. The first-order chi connectivity index (χ1) is 18.5. The Morgan fingerprint density at radius 2 is 1.61 bits per heavy atom. The van der Waals surface area contributed by atoms with Gasteiger partial charge in [0.25, 0.3) is 0 Å². The lowest BCUT2D eigenvalue weighted by Gasteiger charge is -2.33. The number of piperidine rings is 1. The van der Waals surface area contributed by atoms with Crippen LogP contribution in [-0.2, 0) is 17.8 Å². The minimum Gasteiger partial charge on any atom is -0.448 e. The van der Waals surface area contributed by atoms with Crippen LogP contribution in [0.3, 0.4) is 0 Å². The number of para-hydroxylation sites is 2. The lowest BCUT2D eigenvalue weighted by Crippen LogP contribution is -2.42. The number of carbonyl (C=O) groups excluding carboxylic acids is 1.